The second-order valence-corrected chi connectivity index (χ2v) is 6.58. The highest BCUT2D eigenvalue weighted by molar-refractivity contribution is 7.80. The predicted molar refractivity (Wildman–Crippen MR) is 77.4 cm³/mol. The Morgan fingerprint density at radius 1 is 1.52 bits per heavy atom. The minimum atomic E-state index is -2.35. The fraction of sp³-hybridized carbons (Fsp3) is 0.750. The van der Waals surface area contributed by atoms with Crippen molar-refractivity contribution in [2.45, 2.75) is 37.8 Å². The third kappa shape index (κ3) is 3.25. The van der Waals surface area contributed by atoms with Gasteiger partial charge in [-0.3, -0.25) is 4.55 Å². The zero-order chi connectivity index (χ0) is 15.0. The van der Waals surface area contributed by atoms with E-state index in [2.05, 4.69) is 15.4 Å². The van der Waals surface area contributed by atoms with Gasteiger partial charge in [-0.15, -0.1) is 0 Å². The molecule has 1 aromatic heterocycles. The monoisotopic (exact) mass is 317 g/mol. The number of hydrogen-bond donors (Lipinski definition) is 2. The van der Waals surface area contributed by atoms with Crippen molar-refractivity contribution in [3.63, 3.8) is 0 Å². The molecule has 21 heavy (non-hydrogen) atoms. The maximum atomic E-state index is 14.3. The van der Waals surface area contributed by atoms with Crippen molar-refractivity contribution in [3.8, 4) is 0 Å². The van der Waals surface area contributed by atoms with Crippen LogP contribution in [0.15, 0.2) is 6.20 Å². The van der Waals surface area contributed by atoms with E-state index in [1.165, 1.54) is 10.9 Å². The van der Waals surface area contributed by atoms with Gasteiger partial charge in [-0.1, -0.05) is 0 Å². The summed E-state index contributed by atoms with van der Waals surface area (Å²) in [6, 6.07) is 0.108. The molecule has 0 radical (unpaired) electrons. The van der Waals surface area contributed by atoms with Gasteiger partial charge in [-0.25, -0.2) is 14.3 Å². The van der Waals surface area contributed by atoms with E-state index >= 15 is 0 Å². The number of hydrazine groups is 1. The van der Waals surface area contributed by atoms with Crippen molar-refractivity contribution in [2.75, 3.05) is 24.6 Å². The molecule has 0 amide bonds. The second-order valence-electron chi connectivity index (χ2n) is 5.75. The van der Waals surface area contributed by atoms with Gasteiger partial charge in [0, 0.05) is 12.6 Å². The molecule has 0 bridgehead atoms. The van der Waals surface area contributed by atoms with Gasteiger partial charge in [-0.05, 0) is 39.3 Å². The third-order valence-corrected chi connectivity index (χ3v) is 4.52. The molecule has 1 aromatic rings. The Balaban J connectivity index is 1.76. The van der Waals surface area contributed by atoms with Gasteiger partial charge in [0.05, 0.1) is 12.2 Å². The normalized spacial score (nSPS) is 25.0. The second kappa shape index (κ2) is 5.99. The van der Waals surface area contributed by atoms with Crippen LogP contribution in [-0.2, 0) is 11.3 Å². The number of halogens is 1. The summed E-state index contributed by atoms with van der Waals surface area (Å²) in [4.78, 5) is 2.14. The van der Waals surface area contributed by atoms with Crippen molar-refractivity contribution in [1.82, 2.24) is 20.1 Å². The molecule has 0 spiro atoms. The molecule has 1 aliphatic carbocycles. The number of nitrogens with one attached hydrogen (secondary N) is 1. The molecule has 2 fully saturated rings. The first-order chi connectivity index (χ1) is 10.1. The van der Waals surface area contributed by atoms with Crippen molar-refractivity contribution in [1.29, 1.82) is 0 Å². The summed E-state index contributed by atoms with van der Waals surface area (Å²) in [5, 5.41) is 3.99. The lowest BCUT2D eigenvalue weighted by Gasteiger charge is -2.33. The largest absolute Gasteiger partial charge is 0.305 e. The van der Waals surface area contributed by atoms with Crippen LogP contribution in [0.1, 0.15) is 31.7 Å². The maximum Gasteiger partial charge on any atom is 0.277 e. The molecule has 2 aliphatic rings. The quantitative estimate of drug-likeness (QED) is 0.623. The van der Waals surface area contributed by atoms with E-state index in [1.54, 1.807) is 0 Å². The molecule has 2 unspecified atom stereocenters. The molecule has 3 rings (SSSR count). The Morgan fingerprint density at radius 2 is 2.29 bits per heavy atom. The molecular formula is C12H20FN5O2S. The topological polar surface area (TPSA) is 73.6 Å². The van der Waals surface area contributed by atoms with Gasteiger partial charge in [-0.2, -0.15) is 13.9 Å². The first-order valence-corrected chi connectivity index (χ1v) is 8.21. The summed E-state index contributed by atoms with van der Waals surface area (Å²) in [6.07, 6.45) is 5.00. The Hall–Kier alpha value is -1.03. The average molecular weight is 317 g/mol. The van der Waals surface area contributed by atoms with E-state index in [4.69, 9.17) is 0 Å². The van der Waals surface area contributed by atoms with Crippen LogP contribution in [0, 0.1) is 5.95 Å². The molecule has 1 aliphatic heterocycles. The van der Waals surface area contributed by atoms with Gasteiger partial charge in [0.1, 0.15) is 5.69 Å². The summed E-state index contributed by atoms with van der Waals surface area (Å²) in [5.74, 6) is -0.559. The van der Waals surface area contributed by atoms with Crippen molar-refractivity contribution in [3.05, 3.63) is 12.1 Å². The number of likely N-dealkylation sites (tertiary alicyclic amines) is 1. The van der Waals surface area contributed by atoms with Crippen LogP contribution < -0.4 is 9.84 Å². The van der Waals surface area contributed by atoms with E-state index in [1.807, 2.05) is 7.05 Å². The molecule has 1 saturated carbocycles. The van der Waals surface area contributed by atoms with E-state index < -0.39 is 17.2 Å². The summed E-state index contributed by atoms with van der Waals surface area (Å²) in [7, 11) is 2.00. The van der Waals surface area contributed by atoms with Crippen LogP contribution in [0.3, 0.4) is 0 Å². The highest BCUT2D eigenvalue weighted by Crippen LogP contribution is 2.36. The van der Waals surface area contributed by atoms with Gasteiger partial charge < -0.3 is 4.90 Å². The summed E-state index contributed by atoms with van der Waals surface area (Å²) in [6.45, 7) is 1.76. The van der Waals surface area contributed by atoms with E-state index in [0.29, 0.717) is 0 Å². The Labute approximate surface area is 125 Å². The molecule has 2 heterocycles. The lowest BCUT2D eigenvalue weighted by atomic mass is 10.1. The van der Waals surface area contributed by atoms with Crippen LogP contribution >= 0.6 is 0 Å². The lowest BCUT2D eigenvalue weighted by Crippen LogP contribution is -2.52. The van der Waals surface area contributed by atoms with Gasteiger partial charge in [0.15, 0.2) is 0 Å². The molecule has 0 aromatic carbocycles. The van der Waals surface area contributed by atoms with Crippen LogP contribution in [0.4, 0.5) is 10.1 Å². The van der Waals surface area contributed by atoms with Crippen molar-refractivity contribution in [2.24, 2.45) is 0 Å². The first kappa shape index (κ1) is 14.9. The molecular weight excluding hydrogens is 297 g/mol. The van der Waals surface area contributed by atoms with Gasteiger partial charge in [0.2, 0.25) is 5.95 Å². The zero-order valence-electron chi connectivity index (χ0n) is 11.9. The number of piperidine rings is 1. The number of hydrogen-bond acceptors (Lipinski definition) is 4. The minimum Gasteiger partial charge on any atom is -0.305 e. The van der Waals surface area contributed by atoms with Gasteiger partial charge in [0.25, 0.3) is 11.3 Å². The van der Waals surface area contributed by atoms with Crippen molar-refractivity contribution >= 4 is 17.0 Å². The predicted octanol–water partition coefficient (Wildman–Crippen LogP) is 0.899. The SMILES string of the molecule is CN1CCCC(NN(c2cnn(C3CC3)c2F)S(=O)O)C1. The summed E-state index contributed by atoms with van der Waals surface area (Å²) in [5.41, 5.74) is 2.99. The van der Waals surface area contributed by atoms with Gasteiger partial charge >= 0.3 is 0 Å². The maximum absolute atomic E-state index is 14.3. The Morgan fingerprint density at radius 3 is 2.90 bits per heavy atom. The first-order valence-electron chi connectivity index (χ1n) is 7.15. The molecule has 118 valence electrons. The fourth-order valence-corrected chi connectivity index (χ4v) is 3.21. The molecule has 7 nitrogen and oxygen atoms in total. The van der Waals surface area contributed by atoms with E-state index in [-0.39, 0.29) is 17.8 Å². The average Bonchev–Trinajstić information content (AvgIpc) is 3.20. The van der Waals surface area contributed by atoms with Crippen LogP contribution in [0.5, 0.6) is 0 Å². The Kier molecular flexibility index (Phi) is 4.25. The number of nitrogens with zero attached hydrogens (tertiary/aromatic N) is 4. The zero-order valence-corrected chi connectivity index (χ0v) is 12.7. The number of aromatic nitrogens is 2. The number of likely N-dealkylation sites (N-methyl/N-ethyl adjacent to an activating group) is 1. The Bertz CT molecular complexity index is 536. The van der Waals surface area contributed by atoms with E-state index in [9.17, 15) is 13.2 Å². The van der Waals surface area contributed by atoms with Crippen LogP contribution in [0.25, 0.3) is 0 Å². The molecule has 1 saturated heterocycles. The summed E-state index contributed by atoms with van der Waals surface area (Å²) < 4.78 is 37.6. The fourth-order valence-electron chi connectivity index (χ4n) is 2.68. The highest BCUT2D eigenvalue weighted by Gasteiger charge is 2.31. The summed E-state index contributed by atoms with van der Waals surface area (Å²) >= 11 is -2.35. The highest BCUT2D eigenvalue weighted by atomic mass is 32.2. The van der Waals surface area contributed by atoms with Crippen molar-refractivity contribution < 1.29 is 13.2 Å². The number of anilines is 1. The third-order valence-electron chi connectivity index (χ3n) is 3.91. The van der Waals surface area contributed by atoms with Crippen LogP contribution in [0.2, 0.25) is 0 Å². The van der Waals surface area contributed by atoms with Crippen LogP contribution in [-0.4, -0.2) is 49.6 Å². The van der Waals surface area contributed by atoms with E-state index in [0.717, 1.165) is 43.2 Å². The molecule has 2 N–H and O–H groups in total. The standard InChI is InChI=1S/C12H20FN5O2S/c1-16-6-2-3-9(8-16)15-18(21(19)20)11-7-14-17(12(11)13)10-4-5-10/h7,9-10,15H,2-6,8H2,1H3,(H,19,20). The smallest absolute Gasteiger partial charge is 0.277 e. The lowest BCUT2D eigenvalue weighted by molar-refractivity contribution is 0.229. The molecule has 9 heteroatoms. The minimum absolute atomic E-state index is 0.0172. The number of rotatable bonds is 5. The molecule has 2 atom stereocenters.